The number of benzene rings is 3. The molecule has 0 radical (unpaired) electrons. The first-order valence-corrected chi connectivity index (χ1v) is 19.2. The van der Waals surface area contributed by atoms with E-state index in [0.717, 1.165) is 12.1 Å². The first-order valence-electron chi connectivity index (χ1n) is 19.2. The van der Waals surface area contributed by atoms with Gasteiger partial charge in [-0.15, -0.1) is 0 Å². The van der Waals surface area contributed by atoms with Crippen LogP contribution in [0.25, 0.3) is 11.1 Å². The van der Waals surface area contributed by atoms with E-state index in [0.29, 0.717) is 0 Å². The van der Waals surface area contributed by atoms with Crippen molar-refractivity contribution >= 4 is 29.4 Å². The van der Waals surface area contributed by atoms with Gasteiger partial charge in [0.25, 0.3) is 5.91 Å². The molecular formula is C41H44N2O19. The van der Waals surface area contributed by atoms with Gasteiger partial charge in [-0.25, -0.2) is 0 Å². The molecule has 21 heteroatoms. The third kappa shape index (κ3) is 7.29. The average molecular weight is 869 g/mol. The minimum Gasteiger partial charge on any atom is -0.507 e. The fourth-order valence-corrected chi connectivity index (χ4v) is 8.33. The highest BCUT2D eigenvalue weighted by Gasteiger charge is 2.52. The van der Waals surface area contributed by atoms with Crippen molar-refractivity contribution < 1.29 is 93.6 Å². The number of amides is 2. The Balaban J connectivity index is 1.37. The number of rotatable bonds is 9. The van der Waals surface area contributed by atoms with Gasteiger partial charge in [0, 0.05) is 35.2 Å². The van der Waals surface area contributed by atoms with Crippen LogP contribution in [0.5, 0.6) is 23.0 Å². The van der Waals surface area contributed by atoms with Crippen molar-refractivity contribution in [1.29, 1.82) is 0 Å². The van der Waals surface area contributed by atoms with Crippen LogP contribution in [-0.2, 0) is 28.5 Å². The molecule has 10 unspecified atom stereocenters. The van der Waals surface area contributed by atoms with Gasteiger partial charge in [-0.2, -0.15) is 0 Å². The molecular weight excluding hydrogens is 824 g/mol. The van der Waals surface area contributed by atoms with E-state index in [1.165, 1.54) is 46.9 Å². The van der Waals surface area contributed by atoms with Gasteiger partial charge in [0.1, 0.15) is 71.8 Å². The number of methoxy groups -OCH3 is 1. The topological polar surface area (TPSA) is 338 Å². The monoisotopic (exact) mass is 868 g/mol. The Morgan fingerprint density at radius 3 is 2.11 bits per heavy atom. The van der Waals surface area contributed by atoms with Gasteiger partial charge in [-0.3, -0.25) is 24.0 Å². The lowest BCUT2D eigenvalue weighted by Gasteiger charge is -2.47. The number of aryl methyl sites for hydroxylation is 1. The van der Waals surface area contributed by atoms with Crippen molar-refractivity contribution in [2.75, 3.05) is 13.7 Å². The molecule has 11 N–H and O–H groups in total. The fourth-order valence-electron chi connectivity index (χ4n) is 8.33. The summed E-state index contributed by atoms with van der Waals surface area (Å²) in [6.07, 6.45) is -16.8. The lowest BCUT2D eigenvalue weighted by molar-refractivity contribution is -0.339. The van der Waals surface area contributed by atoms with Crippen LogP contribution in [0.15, 0.2) is 24.3 Å². The number of ether oxygens (including phenoxy) is 5. The molecule has 2 saturated heterocycles. The Morgan fingerprint density at radius 1 is 0.823 bits per heavy atom. The molecule has 21 nitrogen and oxygen atoms in total. The molecule has 12 atom stereocenters. The summed E-state index contributed by atoms with van der Waals surface area (Å²) in [7, 11) is 1.25. The highest BCUT2D eigenvalue weighted by atomic mass is 16.7. The molecule has 4 aliphatic rings. The molecule has 2 fully saturated rings. The molecule has 2 amide bonds. The van der Waals surface area contributed by atoms with Gasteiger partial charge in [0.15, 0.2) is 24.1 Å². The quantitative estimate of drug-likeness (QED) is 0.0991. The van der Waals surface area contributed by atoms with Crippen LogP contribution < -0.4 is 15.4 Å². The van der Waals surface area contributed by atoms with Gasteiger partial charge >= 0.3 is 5.97 Å². The smallest absolute Gasteiger partial charge is 0.325 e. The van der Waals surface area contributed by atoms with Crippen molar-refractivity contribution in [3.8, 4) is 34.1 Å². The predicted molar refractivity (Wildman–Crippen MR) is 205 cm³/mol. The van der Waals surface area contributed by atoms with E-state index in [9.17, 15) is 69.9 Å². The second-order valence-electron chi connectivity index (χ2n) is 15.5. The highest BCUT2D eigenvalue weighted by molar-refractivity contribution is 6.31. The summed E-state index contributed by atoms with van der Waals surface area (Å²) in [5, 5.41) is 104. The number of carbonyl (C=O) groups is 5. The van der Waals surface area contributed by atoms with Crippen LogP contribution in [0.2, 0.25) is 0 Å². The molecule has 62 heavy (non-hydrogen) atoms. The van der Waals surface area contributed by atoms with E-state index in [2.05, 4.69) is 10.6 Å². The van der Waals surface area contributed by atoms with E-state index >= 15 is 0 Å². The van der Waals surface area contributed by atoms with Crippen LogP contribution in [0.4, 0.5) is 0 Å². The van der Waals surface area contributed by atoms with Crippen molar-refractivity contribution in [3.05, 3.63) is 68.8 Å². The number of aliphatic hydroxyl groups is 5. The molecule has 0 spiro atoms. The Bertz CT molecular complexity index is 2380. The number of aliphatic hydroxyl groups excluding tert-OH is 5. The van der Waals surface area contributed by atoms with Crippen molar-refractivity contribution in [2.45, 2.75) is 101 Å². The van der Waals surface area contributed by atoms with Crippen molar-refractivity contribution in [1.82, 2.24) is 10.6 Å². The maximum Gasteiger partial charge on any atom is 0.325 e. The summed E-state index contributed by atoms with van der Waals surface area (Å²) in [6, 6.07) is 1.95. The maximum atomic E-state index is 14.1. The summed E-state index contributed by atoms with van der Waals surface area (Å²) < 4.78 is 28.8. The number of hydrogen-bond acceptors (Lipinski definition) is 18. The van der Waals surface area contributed by atoms with E-state index < -0.39 is 160 Å². The van der Waals surface area contributed by atoms with E-state index in [1.54, 1.807) is 0 Å². The van der Waals surface area contributed by atoms with Crippen LogP contribution in [-0.4, -0.2) is 150 Å². The number of aromatic hydroxyl groups is 3. The minimum absolute atomic E-state index is 0.000251. The van der Waals surface area contributed by atoms with E-state index in [-0.39, 0.29) is 28.0 Å². The number of phenols is 3. The lowest BCUT2D eigenvalue weighted by atomic mass is 9.74. The molecule has 332 valence electrons. The van der Waals surface area contributed by atoms with Crippen molar-refractivity contribution in [2.24, 2.45) is 0 Å². The van der Waals surface area contributed by atoms with Gasteiger partial charge in [-0.05, 0) is 49.6 Å². The number of ketones is 2. The summed E-state index contributed by atoms with van der Waals surface area (Å²) in [4.78, 5) is 65.7. The van der Waals surface area contributed by atoms with Crippen LogP contribution in [0, 0.1) is 6.92 Å². The first kappa shape index (κ1) is 44.3. The fraction of sp³-hybridized carbons (Fsp3) is 0.439. The zero-order valence-corrected chi connectivity index (χ0v) is 33.6. The van der Waals surface area contributed by atoms with Gasteiger partial charge in [0.2, 0.25) is 5.91 Å². The molecule has 3 aromatic rings. The third-order valence-corrected chi connectivity index (χ3v) is 11.5. The number of carboxylic acids is 1. The summed E-state index contributed by atoms with van der Waals surface area (Å²) in [5.41, 5.74) is -3.70. The number of carboxylic acid groups (broad SMARTS) is 1. The Labute approximate surface area is 351 Å². The molecule has 0 bridgehead atoms. The molecule has 7 rings (SSSR count). The summed E-state index contributed by atoms with van der Waals surface area (Å²) in [5.74, 6) is -7.42. The second kappa shape index (κ2) is 16.5. The Morgan fingerprint density at radius 2 is 1.47 bits per heavy atom. The number of aliphatic carboxylic acids is 1. The molecule has 2 heterocycles. The van der Waals surface area contributed by atoms with Crippen LogP contribution in [0.3, 0.4) is 0 Å². The highest BCUT2D eigenvalue weighted by Crippen LogP contribution is 2.57. The first-order chi connectivity index (χ1) is 29.2. The summed E-state index contributed by atoms with van der Waals surface area (Å²) in [6.45, 7) is 4.69. The Hall–Kier alpha value is -5.75. The van der Waals surface area contributed by atoms with Gasteiger partial charge < -0.3 is 80.3 Å². The zero-order valence-electron chi connectivity index (χ0n) is 33.6. The van der Waals surface area contributed by atoms with E-state index in [4.69, 9.17) is 23.7 Å². The number of fused-ring (bicyclic) bond motifs is 5. The molecule has 2 aliphatic heterocycles. The normalized spacial score (nSPS) is 29.4. The standard InChI is InChI=1S/C41H44N2O19/c1-11-6-19-25(32(51)22(11)38(55)42-12(2)39(56)57)24-17(9-18-26(33(24)52)29(48)16-7-15(58-5)8-20(45)23(16)28(18)47)30(49)36(19)61-41-35(54)37(27(13(3)60-41)43-14(4)44)62-40-34(53)31(50)21(46)10-59-40/h6-9,12-13,21,27,30-31,34-37,40-41,45-46,49-54H,10H2,1-5H3,(H,42,55)(H,43,44)(H,56,57)/t12?,13?,21?,27?,30-,31?,34?,35?,36-,37?,40?,41?/m0/s1. The second-order valence-corrected chi connectivity index (χ2v) is 15.5. The minimum atomic E-state index is -1.95. The SMILES string of the molecule is COc1cc(O)c2c(c1)C(=O)c1c(cc3c(c1O)-c1c(cc(C)c(C(=O)NC(C)C(=O)O)c1O)[C@H](OC1OC(C)C(NC(C)=O)C(OC4OCC(O)C(O)C4O)C1O)[C@H]3O)C2=O. The molecule has 0 aromatic heterocycles. The largest absolute Gasteiger partial charge is 0.507 e. The number of nitrogens with one attached hydrogen (secondary N) is 2. The van der Waals surface area contributed by atoms with Gasteiger partial charge in [-0.1, -0.05) is 6.07 Å². The van der Waals surface area contributed by atoms with E-state index in [1.807, 2.05) is 0 Å². The molecule has 2 aliphatic carbocycles. The Kier molecular flexibility index (Phi) is 11.8. The summed E-state index contributed by atoms with van der Waals surface area (Å²) >= 11 is 0. The maximum absolute atomic E-state index is 14.1. The predicted octanol–water partition coefficient (Wildman–Crippen LogP) is -0.695. The lowest BCUT2D eigenvalue weighted by Crippen LogP contribution is -2.66. The number of phenolic OH excluding ortho intramolecular Hbond substituents is 3. The van der Waals surface area contributed by atoms with Crippen LogP contribution in [0.1, 0.15) is 91.9 Å². The van der Waals surface area contributed by atoms with Crippen LogP contribution >= 0.6 is 0 Å². The average Bonchev–Trinajstić information content (AvgIpc) is 3.20. The molecule has 0 saturated carbocycles. The zero-order chi connectivity index (χ0) is 45.4. The van der Waals surface area contributed by atoms with Gasteiger partial charge in [0.05, 0.1) is 42.6 Å². The number of carbonyl (C=O) groups excluding carboxylic acids is 4. The number of hydrogen-bond donors (Lipinski definition) is 11. The molecule has 3 aromatic carbocycles. The van der Waals surface area contributed by atoms with Crippen molar-refractivity contribution in [3.63, 3.8) is 0 Å². The third-order valence-electron chi connectivity index (χ3n) is 11.5.